The van der Waals surface area contributed by atoms with E-state index in [0.29, 0.717) is 31.7 Å². The van der Waals surface area contributed by atoms with Crippen molar-refractivity contribution >= 4 is 15.9 Å². The number of amides is 1. The summed E-state index contributed by atoms with van der Waals surface area (Å²) in [5.74, 6) is -0.154. The third kappa shape index (κ3) is 3.51. The molecular formula is C18H25N3O4S. The van der Waals surface area contributed by atoms with E-state index in [4.69, 9.17) is 4.74 Å². The van der Waals surface area contributed by atoms with Crippen LogP contribution in [0.5, 0.6) is 0 Å². The van der Waals surface area contributed by atoms with Gasteiger partial charge in [0.15, 0.2) is 0 Å². The summed E-state index contributed by atoms with van der Waals surface area (Å²) in [6.45, 7) is 4.26. The Bertz CT molecular complexity index is 793. The zero-order chi connectivity index (χ0) is 18.2. The van der Waals surface area contributed by atoms with Crippen LogP contribution in [0, 0.1) is 5.41 Å². The van der Waals surface area contributed by atoms with Gasteiger partial charge in [-0.25, -0.2) is 13.1 Å². The van der Waals surface area contributed by atoms with Gasteiger partial charge in [-0.15, -0.1) is 0 Å². The molecule has 1 aromatic rings. The summed E-state index contributed by atoms with van der Waals surface area (Å²) in [6.07, 6.45) is 3.15. The Hall–Kier alpha value is -1.48. The molecule has 3 heterocycles. The molecule has 0 saturated carbocycles. The molecule has 0 aliphatic carbocycles. The highest BCUT2D eigenvalue weighted by Gasteiger charge is 2.38. The first kappa shape index (κ1) is 17.9. The molecule has 8 heteroatoms. The molecule has 0 aromatic heterocycles. The number of benzene rings is 1. The molecule has 1 spiro atoms. The van der Waals surface area contributed by atoms with E-state index in [1.165, 1.54) is 6.42 Å². The molecule has 2 N–H and O–H groups in total. The van der Waals surface area contributed by atoms with Crippen LogP contribution in [0.3, 0.4) is 0 Å². The lowest BCUT2D eigenvalue weighted by molar-refractivity contribution is -0.132. The molecule has 142 valence electrons. The Balaban J connectivity index is 1.34. The Labute approximate surface area is 154 Å². The van der Waals surface area contributed by atoms with E-state index in [0.717, 1.165) is 37.1 Å². The molecule has 7 nitrogen and oxygen atoms in total. The van der Waals surface area contributed by atoms with Crippen molar-refractivity contribution in [1.29, 1.82) is 0 Å². The zero-order valence-electron chi connectivity index (χ0n) is 14.8. The van der Waals surface area contributed by atoms with Gasteiger partial charge < -0.3 is 15.0 Å². The molecule has 2 fully saturated rings. The van der Waals surface area contributed by atoms with Crippen LogP contribution in [-0.4, -0.2) is 51.9 Å². The van der Waals surface area contributed by atoms with Gasteiger partial charge in [-0.2, -0.15) is 0 Å². The number of nitrogens with one attached hydrogen (secondary N) is 2. The average molecular weight is 379 g/mol. The summed E-state index contributed by atoms with van der Waals surface area (Å²) in [4.78, 5) is 14.4. The number of rotatable bonds is 4. The lowest BCUT2D eigenvalue weighted by Gasteiger charge is -2.38. The Morgan fingerprint density at radius 2 is 1.96 bits per heavy atom. The molecule has 2 saturated heterocycles. The van der Waals surface area contributed by atoms with Crippen molar-refractivity contribution in [1.82, 2.24) is 14.9 Å². The molecule has 1 amide bonds. The van der Waals surface area contributed by atoms with Crippen molar-refractivity contribution in [2.45, 2.75) is 37.4 Å². The number of carbonyl (C=O) groups is 1. The van der Waals surface area contributed by atoms with Crippen LogP contribution in [0.25, 0.3) is 0 Å². The highest BCUT2D eigenvalue weighted by Crippen LogP contribution is 2.36. The molecule has 4 rings (SSSR count). The number of hydrogen-bond donors (Lipinski definition) is 2. The number of likely N-dealkylation sites (tertiary alicyclic amines) is 1. The maximum Gasteiger partial charge on any atom is 0.241 e. The topological polar surface area (TPSA) is 87.7 Å². The molecule has 3 aliphatic heterocycles. The van der Waals surface area contributed by atoms with E-state index in [-0.39, 0.29) is 17.3 Å². The highest BCUT2D eigenvalue weighted by molar-refractivity contribution is 7.89. The van der Waals surface area contributed by atoms with Crippen molar-refractivity contribution in [3.8, 4) is 0 Å². The van der Waals surface area contributed by atoms with Gasteiger partial charge in [0.05, 0.1) is 24.7 Å². The minimum Gasteiger partial charge on any atom is -0.372 e. The van der Waals surface area contributed by atoms with Crippen LogP contribution in [0.15, 0.2) is 23.1 Å². The van der Waals surface area contributed by atoms with Crippen molar-refractivity contribution < 1.29 is 17.9 Å². The fraction of sp³-hybridized carbons (Fsp3) is 0.611. The molecule has 0 unspecified atom stereocenters. The second kappa shape index (κ2) is 6.92. The van der Waals surface area contributed by atoms with Gasteiger partial charge in [0.1, 0.15) is 0 Å². The van der Waals surface area contributed by atoms with Gasteiger partial charge in [-0.05, 0) is 54.5 Å². The predicted octanol–water partition coefficient (Wildman–Crippen LogP) is 0.597. The summed E-state index contributed by atoms with van der Waals surface area (Å²) in [5.41, 5.74) is 2.25. The fourth-order valence-corrected chi connectivity index (χ4v) is 5.14. The van der Waals surface area contributed by atoms with E-state index in [1.54, 1.807) is 23.1 Å². The number of fused-ring (bicyclic) bond motifs is 1. The summed E-state index contributed by atoms with van der Waals surface area (Å²) in [5, 5.41) is 3.40. The Morgan fingerprint density at radius 1 is 1.19 bits per heavy atom. The maximum atomic E-state index is 12.5. The van der Waals surface area contributed by atoms with Crippen LogP contribution in [0.4, 0.5) is 0 Å². The second-order valence-electron chi connectivity index (χ2n) is 7.56. The lowest BCUT2D eigenvalue weighted by atomic mass is 9.78. The third-order valence-corrected chi connectivity index (χ3v) is 7.32. The molecular weight excluding hydrogens is 354 g/mol. The summed E-state index contributed by atoms with van der Waals surface area (Å²) in [6, 6.07) is 4.98. The molecule has 3 aliphatic rings. The monoisotopic (exact) mass is 379 g/mol. The molecule has 1 aromatic carbocycles. The SMILES string of the molecule is O=C(CNS(=O)(=O)c1ccc2c(c1)COC2)N1CCC2(CCNC2)CC1. The number of hydrogen-bond acceptors (Lipinski definition) is 5. The number of ether oxygens (including phenoxy) is 1. The highest BCUT2D eigenvalue weighted by atomic mass is 32.2. The largest absolute Gasteiger partial charge is 0.372 e. The fourth-order valence-electron chi connectivity index (χ4n) is 4.12. The van der Waals surface area contributed by atoms with Gasteiger partial charge in [0.2, 0.25) is 15.9 Å². The number of sulfonamides is 1. The van der Waals surface area contributed by atoms with Crippen molar-refractivity contribution in [2.75, 3.05) is 32.7 Å². The van der Waals surface area contributed by atoms with Gasteiger partial charge in [0.25, 0.3) is 0 Å². The number of carbonyl (C=O) groups excluding carboxylic acids is 1. The average Bonchev–Trinajstić information content (AvgIpc) is 3.29. The Morgan fingerprint density at radius 3 is 2.69 bits per heavy atom. The van der Waals surface area contributed by atoms with Crippen LogP contribution in [0.1, 0.15) is 30.4 Å². The summed E-state index contributed by atoms with van der Waals surface area (Å²) in [7, 11) is -3.70. The van der Waals surface area contributed by atoms with Crippen molar-refractivity contribution in [3.05, 3.63) is 29.3 Å². The van der Waals surface area contributed by atoms with Crippen LogP contribution in [-0.2, 0) is 32.8 Å². The molecule has 0 bridgehead atoms. The van der Waals surface area contributed by atoms with E-state index >= 15 is 0 Å². The van der Waals surface area contributed by atoms with E-state index in [2.05, 4.69) is 10.0 Å². The van der Waals surface area contributed by atoms with Crippen LogP contribution in [0.2, 0.25) is 0 Å². The first-order chi connectivity index (χ1) is 12.5. The first-order valence-corrected chi connectivity index (χ1v) is 10.6. The first-order valence-electron chi connectivity index (χ1n) is 9.15. The van der Waals surface area contributed by atoms with Gasteiger partial charge >= 0.3 is 0 Å². The normalized spacial score (nSPS) is 21.9. The maximum absolute atomic E-state index is 12.5. The lowest BCUT2D eigenvalue weighted by Crippen LogP contribution is -2.47. The summed E-state index contributed by atoms with van der Waals surface area (Å²) < 4.78 is 32.8. The van der Waals surface area contributed by atoms with Crippen molar-refractivity contribution in [2.24, 2.45) is 5.41 Å². The number of nitrogens with zero attached hydrogens (tertiary/aromatic N) is 1. The molecule has 0 radical (unpaired) electrons. The third-order valence-electron chi connectivity index (χ3n) is 5.93. The minimum atomic E-state index is -3.70. The standard InChI is InChI=1S/C18H25N3O4S/c22-17(21-7-4-18(5-8-21)3-6-19-13-18)10-20-26(23,24)16-2-1-14-11-25-12-15(14)9-16/h1-2,9,19-20H,3-8,10-13H2. The second-order valence-corrected chi connectivity index (χ2v) is 9.32. The van der Waals surface area contributed by atoms with Crippen LogP contribution >= 0.6 is 0 Å². The van der Waals surface area contributed by atoms with Gasteiger partial charge in [0, 0.05) is 19.6 Å². The molecule has 26 heavy (non-hydrogen) atoms. The summed E-state index contributed by atoms with van der Waals surface area (Å²) >= 11 is 0. The van der Waals surface area contributed by atoms with Gasteiger partial charge in [-0.1, -0.05) is 6.07 Å². The smallest absolute Gasteiger partial charge is 0.241 e. The minimum absolute atomic E-state index is 0.154. The quantitative estimate of drug-likeness (QED) is 0.800. The predicted molar refractivity (Wildman–Crippen MR) is 95.9 cm³/mol. The van der Waals surface area contributed by atoms with Gasteiger partial charge in [-0.3, -0.25) is 4.79 Å². The van der Waals surface area contributed by atoms with E-state index < -0.39 is 10.0 Å². The van der Waals surface area contributed by atoms with E-state index in [9.17, 15) is 13.2 Å². The zero-order valence-corrected chi connectivity index (χ0v) is 15.6. The van der Waals surface area contributed by atoms with E-state index in [1.807, 2.05) is 0 Å². The Kier molecular flexibility index (Phi) is 4.77. The number of piperidine rings is 1. The molecule has 0 atom stereocenters. The van der Waals surface area contributed by atoms with Crippen LogP contribution < -0.4 is 10.0 Å². The van der Waals surface area contributed by atoms with Crippen molar-refractivity contribution in [3.63, 3.8) is 0 Å².